The average Bonchev–Trinajstić information content (AvgIpc) is 2.59. The van der Waals surface area contributed by atoms with Crippen molar-refractivity contribution in [2.24, 2.45) is 10.7 Å². The molecule has 16 heavy (non-hydrogen) atoms. The molecule has 1 atom stereocenters. The second kappa shape index (κ2) is 3.81. The van der Waals surface area contributed by atoms with Crippen LogP contribution in [0.3, 0.4) is 0 Å². The number of nitrogens with zero attached hydrogens (tertiary/aromatic N) is 2. The number of benzene rings is 1. The van der Waals surface area contributed by atoms with E-state index in [9.17, 15) is 0 Å². The van der Waals surface area contributed by atoms with Crippen LogP contribution in [0, 0.1) is 6.92 Å². The van der Waals surface area contributed by atoms with E-state index in [4.69, 9.17) is 5.73 Å². The largest absolute Gasteiger partial charge is 0.370 e. The molecular weight excluding hydrogens is 198 g/mol. The third-order valence-corrected chi connectivity index (χ3v) is 3.66. The molecular formula is C13H19N3. The third-order valence-electron chi connectivity index (χ3n) is 3.66. The number of nitrogens with two attached hydrogens (primary N) is 1. The lowest BCUT2D eigenvalue weighted by molar-refractivity contribution is 0.230. The summed E-state index contributed by atoms with van der Waals surface area (Å²) in [5, 5.41) is 0. The van der Waals surface area contributed by atoms with Gasteiger partial charge in [-0.2, -0.15) is 0 Å². The fourth-order valence-electron chi connectivity index (χ4n) is 2.35. The SMILES string of the molecule is CCC1(c2ccc(C)cc2)CN=C(N)N1C. The van der Waals surface area contributed by atoms with Crippen LogP contribution < -0.4 is 5.73 Å². The Morgan fingerprint density at radius 3 is 2.44 bits per heavy atom. The van der Waals surface area contributed by atoms with Crippen molar-refractivity contribution in [2.75, 3.05) is 13.6 Å². The molecule has 86 valence electrons. The highest BCUT2D eigenvalue weighted by Crippen LogP contribution is 2.34. The summed E-state index contributed by atoms with van der Waals surface area (Å²) in [6.07, 6.45) is 1.01. The monoisotopic (exact) mass is 217 g/mol. The molecule has 0 aromatic heterocycles. The lowest BCUT2D eigenvalue weighted by atomic mass is 9.86. The second-order valence-corrected chi connectivity index (χ2v) is 4.48. The van der Waals surface area contributed by atoms with E-state index in [1.807, 2.05) is 7.05 Å². The number of aliphatic imine (C=N–C) groups is 1. The van der Waals surface area contributed by atoms with E-state index in [0.717, 1.165) is 13.0 Å². The molecule has 1 aliphatic heterocycles. The highest BCUT2D eigenvalue weighted by molar-refractivity contribution is 5.81. The summed E-state index contributed by atoms with van der Waals surface area (Å²) in [7, 11) is 2.02. The van der Waals surface area contributed by atoms with Gasteiger partial charge in [0, 0.05) is 7.05 Å². The molecule has 0 amide bonds. The van der Waals surface area contributed by atoms with Crippen LogP contribution in [0.15, 0.2) is 29.3 Å². The summed E-state index contributed by atoms with van der Waals surface area (Å²) in [6.45, 7) is 5.05. The first-order chi connectivity index (χ1) is 7.60. The standard InChI is InChI=1S/C13H19N3/c1-4-13(9-15-12(14)16(13)3)11-7-5-10(2)6-8-11/h5-8H,4,9H2,1-3H3,(H2,14,15). The maximum absolute atomic E-state index is 5.87. The fraction of sp³-hybridized carbons (Fsp3) is 0.462. The van der Waals surface area contributed by atoms with Gasteiger partial charge in [0.2, 0.25) is 0 Å². The molecule has 1 aliphatic rings. The van der Waals surface area contributed by atoms with Crippen LogP contribution in [0.1, 0.15) is 24.5 Å². The zero-order valence-electron chi connectivity index (χ0n) is 10.2. The molecule has 0 fully saturated rings. The van der Waals surface area contributed by atoms with E-state index in [1.54, 1.807) is 0 Å². The molecule has 0 bridgehead atoms. The number of hydrogen-bond acceptors (Lipinski definition) is 3. The second-order valence-electron chi connectivity index (χ2n) is 4.48. The zero-order valence-corrected chi connectivity index (χ0v) is 10.2. The van der Waals surface area contributed by atoms with Gasteiger partial charge in [0.25, 0.3) is 0 Å². The van der Waals surface area contributed by atoms with Crippen molar-refractivity contribution in [2.45, 2.75) is 25.8 Å². The minimum Gasteiger partial charge on any atom is -0.370 e. The number of likely N-dealkylation sites (N-methyl/N-ethyl adjacent to an activating group) is 1. The van der Waals surface area contributed by atoms with E-state index < -0.39 is 0 Å². The Balaban J connectivity index is 2.40. The lowest BCUT2D eigenvalue weighted by Crippen LogP contribution is -2.46. The molecule has 0 radical (unpaired) electrons. The van der Waals surface area contributed by atoms with Gasteiger partial charge in [-0.1, -0.05) is 36.8 Å². The van der Waals surface area contributed by atoms with Crippen LogP contribution in [0.4, 0.5) is 0 Å². The van der Waals surface area contributed by atoms with Gasteiger partial charge in [-0.25, -0.2) is 0 Å². The molecule has 1 unspecified atom stereocenters. The molecule has 0 aliphatic carbocycles. The van der Waals surface area contributed by atoms with E-state index in [2.05, 4.69) is 48.0 Å². The number of guanidine groups is 1. The smallest absolute Gasteiger partial charge is 0.191 e. The van der Waals surface area contributed by atoms with Gasteiger partial charge in [0.05, 0.1) is 12.1 Å². The zero-order chi connectivity index (χ0) is 11.8. The molecule has 1 heterocycles. The first kappa shape index (κ1) is 11.0. The van der Waals surface area contributed by atoms with Crippen molar-refractivity contribution < 1.29 is 0 Å². The van der Waals surface area contributed by atoms with Crippen LogP contribution in [0.25, 0.3) is 0 Å². The Kier molecular flexibility index (Phi) is 2.62. The van der Waals surface area contributed by atoms with Crippen molar-refractivity contribution in [3.05, 3.63) is 35.4 Å². The molecule has 0 saturated carbocycles. The van der Waals surface area contributed by atoms with Crippen molar-refractivity contribution in [3.8, 4) is 0 Å². The van der Waals surface area contributed by atoms with Gasteiger partial charge in [-0.3, -0.25) is 4.99 Å². The Morgan fingerprint density at radius 1 is 1.38 bits per heavy atom. The summed E-state index contributed by atoms with van der Waals surface area (Å²) in [5.41, 5.74) is 8.41. The number of hydrogen-bond donors (Lipinski definition) is 1. The minimum atomic E-state index is -0.0439. The van der Waals surface area contributed by atoms with Crippen LogP contribution in [0.2, 0.25) is 0 Å². The van der Waals surface area contributed by atoms with Crippen molar-refractivity contribution >= 4 is 5.96 Å². The fourth-order valence-corrected chi connectivity index (χ4v) is 2.35. The van der Waals surface area contributed by atoms with Crippen molar-refractivity contribution in [1.29, 1.82) is 0 Å². The molecule has 3 nitrogen and oxygen atoms in total. The molecule has 1 aromatic carbocycles. The van der Waals surface area contributed by atoms with Gasteiger partial charge in [0.15, 0.2) is 5.96 Å². The van der Waals surface area contributed by atoms with Gasteiger partial charge in [-0.05, 0) is 18.9 Å². The summed E-state index contributed by atoms with van der Waals surface area (Å²) in [6, 6.07) is 8.66. The summed E-state index contributed by atoms with van der Waals surface area (Å²) in [4.78, 5) is 6.46. The Bertz CT molecular complexity index is 408. The van der Waals surface area contributed by atoms with Crippen LogP contribution in [-0.2, 0) is 5.54 Å². The maximum Gasteiger partial charge on any atom is 0.191 e. The molecule has 2 N–H and O–H groups in total. The van der Waals surface area contributed by atoms with Crippen LogP contribution in [-0.4, -0.2) is 24.5 Å². The van der Waals surface area contributed by atoms with E-state index in [1.165, 1.54) is 11.1 Å². The van der Waals surface area contributed by atoms with E-state index >= 15 is 0 Å². The predicted molar refractivity (Wildman–Crippen MR) is 67.4 cm³/mol. The van der Waals surface area contributed by atoms with Crippen LogP contribution >= 0.6 is 0 Å². The molecule has 0 spiro atoms. The number of aryl methyl sites for hydroxylation is 1. The summed E-state index contributed by atoms with van der Waals surface area (Å²) >= 11 is 0. The predicted octanol–water partition coefficient (Wildman–Crippen LogP) is 1.86. The van der Waals surface area contributed by atoms with Gasteiger partial charge in [0.1, 0.15) is 0 Å². The van der Waals surface area contributed by atoms with E-state index in [0.29, 0.717) is 5.96 Å². The van der Waals surface area contributed by atoms with Crippen molar-refractivity contribution in [3.63, 3.8) is 0 Å². The molecule has 0 saturated heterocycles. The van der Waals surface area contributed by atoms with Crippen molar-refractivity contribution in [1.82, 2.24) is 4.90 Å². The average molecular weight is 217 g/mol. The lowest BCUT2D eigenvalue weighted by Gasteiger charge is -2.36. The minimum absolute atomic E-state index is 0.0439. The Morgan fingerprint density at radius 2 is 2.00 bits per heavy atom. The highest BCUT2D eigenvalue weighted by atomic mass is 15.3. The third kappa shape index (κ3) is 1.47. The molecule has 2 rings (SSSR count). The summed E-state index contributed by atoms with van der Waals surface area (Å²) in [5.74, 6) is 0.641. The Hall–Kier alpha value is -1.51. The van der Waals surface area contributed by atoms with Crippen LogP contribution in [0.5, 0.6) is 0 Å². The first-order valence-corrected chi connectivity index (χ1v) is 5.71. The molecule has 1 aromatic rings. The normalized spacial score (nSPS) is 24.7. The first-order valence-electron chi connectivity index (χ1n) is 5.71. The number of rotatable bonds is 2. The quantitative estimate of drug-likeness (QED) is 0.821. The highest BCUT2D eigenvalue weighted by Gasteiger charge is 2.39. The maximum atomic E-state index is 5.87. The molecule has 3 heteroatoms. The van der Waals surface area contributed by atoms with Gasteiger partial charge in [-0.15, -0.1) is 0 Å². The van der Waals surface area contributed by atoms with Gasteiger partial charge >= 0.3 is 0 Å². The van der Waals surface area contributed by atoms with Gasteiger partial charge < -0.3 is 10.6 Å². The topological polar surface area (TPSA) is 41.6 Å². The summed E-state index contributed by atoms with van der Waals surface area (Å²) < 4.78 is 0. The van der Waals surface area contributed by atoms with E-state index in [-0.39, 0.29) is 5.54 Å². The Labute approximate surface area is 97.0 Å².